The molecule has 2 heterocycles. The van der Waals surface area contributed by atoms with Crippen molar-refractivity contribution in [1.29, 1.82) is 0 Å². The Morgan fingerprint density at radius 3 is 2.83 bits per heavy atom. The summed E-state index contributed by atoms with van der Waals surface area (Å²) in [5, 5.41) is 3.62. The smallest absolute Gasteiger partial charge is 0.0229 e. The molecule has 2 atom stereocenters. The summed E-state index contributed by atoms with van der Waals surface area (Å²) in [7, 11) is 0.869. The molecule has 6 heavy (non-hydrogen) atoms. The van der Waals surface area contributed by atoms with Gasteiger partial charge in [-0.15, -0.1) is 0 Å². The van der Waals surface area contributed by atoms with Crippen molar-refractivity contribution in [3.63, 3.8) is 0 Å². The van der Waals surface area contributed by atoms with Crippen molar-refractivity contribution < 1.29 is 0 Å². The maximum atomic E-state index is 2.50. The van der Waals surface area contributed by atoms with E-state index < -0.39 is 0 Å². The molecule has 0 aromatic carbocycles. The highest BCUT2D eigenvalue weighted by molar-refractivity contribution is 8.23. The predicted molar refractivity (Wildman–Crippen MR) is 31.5 cm³/mol. The first-order chi connectivity index (χ1) is 2.97. The van der Waals surface area contributed by atoms with Gasteiger partial charge in [0.05, 0.1) is 0 Å². The van der Waals surface area contributed by atoms with E-state index in [0.717, 1.165) is 15.7 Å². The molecule has 0 saturated carbocycles. The second kappa shape index (κ2) is 0.890. The van der Waals surface area contributed by atoms with Gasteiger partial charge in [0.2, 0.25) is 0 Å². The summed E-state index contributed by atoms with van der Waals surface area (Å²) in [6.07, 6.45) is 3.04. The monoisotopic (exact) mass is 100 g/mol. The van der Waals surface area contributed by atoms with Gasteiger partial charge in [0.15, 0.2) is 0 Å². The summed E-state index contributed by atoms with van der Waals surface area (Å²) in [6.45, 7) is 0. The Bertz CT molecular complexity index is 105. The molecule has 1 heteroatoms. The topological polar surface area (TPSA) is 0 Å². The SMILES string of the molecule is C1=S2CCCC12. The second-order valence-electron chi connectivity index (χ2n) is 1.99. The van der Waals surface area contributed by atoms with E-state index in [0.29, 0.717) is 0 Å². The van der Waals surface area contributed by atoms with Crippen molar-refractivity contribution in [3.05, 3.63) is 0 Å². The van der Waals surface area contributed by atoms with Crippen LogP contribution in [-0.2, 0) is 0 Å². The summed E-state index contributed by atoms with van der Waals surface area (Å²) < 4.78 is 0. The first kappa shape index (κ1) is 3.25. The Morgan fingerprint density at radius 2 is 2.67 bits per heavy atom. The third-order valence-corrected chi connectivity index (χ3v) is 3.78. The molecule has 2 unspecified atom stereocenters. The highest BCUT2D eigenvalue weighted by atomic mass is 32.2. The van der Waals surface area contributed by atoms with Crippen LogP contribution >= 0.6 is 10.5 Å². The van der Waals surface area contributed by atoms with E-state index in [1.807, 2.05) is 0 Å². The lowest BCUT2D eigenvalue weighted by atomic mass is 10.3. The highest BCUT2D eigenvalue weighted by Gasteiger charge is 2.27. The molecule has 0 bridgehead atoms. The van der Waals surface area contributed by atoms with Gasteiger partial charge in [-0.25, -0.2) is 0 Å². The zero-order valence-corrected chi connectivity index (χ0v) is 4.50. The molecule has 2 aliphatic rings. The van der Waals surface area contributed by atoms with Gasteiger partial charge >= 0.3 is 0 Å². The van der Waals surface area contributed by atoms with Gasteiger partial charge in [-0.3, -0.25) is 0 Å². The summed E-state index contributed by atoms with van der Waals surface area (Å²) in [6, 6.07) is 0. The molecule has 0 N–H and O–H groups in total. The van der Waals surface area contributed by atoms with E-state index in [1.165, 1.54) is 18.6 Å². The van der Waals surface area contributed by atoms with Crippen LogP contribution in [0, 0.1) is 0 Å². The van der Waals surface area contributed by atoms with Gasteiger partial charge in [0, 0.05) is 5.25 Å². The molecular formula is C5H8S. The largest absolute Gasteiger partial charge is 0.181 e. The Balaban J connectivity index is 2.22. The lowest BCUT2D eigenvalue weighted by molar-refractivity contribution is 0.913. The van der Waals surface area contributed by atoms with E-state index in [2.05, 4.69) is 5.37 Å². The van der Waals surface area contributed by atoms with E-state index in [-0.39, 0.29) is 0 Å². The Hall–Kier alpha value is 0.220. The number of rotatable bonds is 0. The van der Waals surface area contributed by atoms with Crippen molar-refractivity contribution in [3.8, 4) is 0 Å². The van der Waals surface area contributed by atoms with E-state index in [1.54, 1.807) is 0 Å². The molecule has 0 aromatic rings. The van der Waals surface area contributed by atoms with E-state index in [9.17, 15) is 0 Å². The van der Waals surface area contributed by atoms with E-state index >= 15 is 0 Å². The number of hydrogen-bond acceptors (Lipinski definition) is 0. The van der Waals surface area contributed by atoms with Crippen LogP contribution in [-0.4, -0.2) is 16.4 Å². The third-order valence-electron chi connectivity index (χ3n) is 1.51. The van der Waals surface area contributed by atoms with E-state index in [4.69, 9.17) is 0 Å². The van der Waals surface area contributed by atoms with Gasteiger partial charge < -0.3 is 0 Å². The summed E-state index contributed by atoms with van der Waals surface area (Å²) in [5.41, 5.74) is 0. The van der Waals surface area contributed by atoms with Crippen LogP contribution < -0.4 is 0 Å². The predicted octanol–water partition coefficient (Wildman–Crippen LogP) is 1.23. The molecule has 0 spiro atoms. The molecule has 2 aliphatic heterocycles. The van der Waals surface area contributed by atoms with Gasteiger partial charge in [-0.1, -0.05) is 0 Å². The third kappa shape index (κ3) is 0.293. The normalized spacial score (nSPS) is 50.7. The maximum Gasteiger partial charge on any atom is 0.0229 e. The lowest BCUT2D eigenvalue weighted by Crippen LogP contribution is -1.77. The van der Waals surface area contributed by atoms with Crippen LogP contribution in [0.25, 0.3) is 0 Å². The van der Waals surface area contributed by atoms with Crippen LogP contribution in [0.4, 0.5) is 0 Å². The molecule has 1 fully saturated rings. The lowest BCUT2D eigenvalue weighted by Gasteiger charge is -1.75. The highest BCUT2D eigenvalue weighted by Crippen LogP contribution is 2.43. The van der Waals surface area contributed by atoms with Gasteiger partial charge in [-0.05, 0) is 24.0 Å². The average molecular weight is 100 g/mol. The summed E-state index contributed by atoms with van der Waals surface area (Å²) in [5.74, 6) is 1.53. The molecular weight excluding hydrogens is 92.1 g/mol. The van der Waals surface area contributed by atoms with Crippen LogP contribution in [0.2, 0.25) is 0 Å². The zero-order valence-electron chi connectivity index (χ0n) is 3.68. The first-order valence-corrected chi connectivity index (χ1v) is 4.02. The average Bonchev–Trinajstić information content (AvgIpc) is 2.17. The fourth-order valence-corrected chi connectivity index (χ4v) is 3.16. The van der Waals surface area contributed by atoms with Gasteiger partial charge in [0.25, 0.3) is 0 Å². The van der Waals surface area contributed by atoms with Crippen molar-refractivity contribution in [2.75, 3.05) is 5.75 Å². The van der Waals surface area contributed by atoms with Crippen LogP contribution in [0.1, 0.15) is 12.8 Å². The van der Waals surface area contributed by atoms with Crippen molar-refractivity contribution in [2.24, 2.45) is 0 Å². The minimum Gasteiger partial charge on any atom is -0.181 e. The molecule has 0 aromatic heterocycles. The van der Waals surface area contributed by atoms with Crippen molar-refractivity contribution in [2.45, 2.75) is 18.1 Å². The molecule has 0 amide bonds. The maximum absolute atomic E-state index is 2.50. The van der Waals surface area contributed by atoms with Gasteiger partial charge in [0.1, 0.15) is 0 Å². The summed E-state index contributed by atoms with van der Waals surface area (Å²) >= 11 is 0. The minimum atomic E-state index is 0.869. The van der Waals surface area contributed by atoms with Crippen LogP contribution in [0.3, 0.4) is 0 Å². The quantitative estimate of drug-likeness (QED) is 0.402. The minimum absolute atomic E-state index is 0.869. The molecule has 0 aliphatic carbocycles. The van der Waals surface area contributed by atoms with Crippen molar-refractivity contribution >= 4 is 15.9 Å². The van der Waals surface area contributed by atoms with Crippen LogP contribution in [0.5, 0.6) is 0 Å². The Morgan fingerprint density at radius 1 is 1.67 bits per heavy atom. The molecule has 34 valence electrons. The number of fused-ring (bicyclic) bond motifs is 1. The zero-order chi connectivity index (χ0) is 3.98. The molecule has 1 saturated heterocycles. The first-order valence-electron chi connectivity index (χ1n) is 2.50. The molecule has 0 nitrogen and oxygen atoms in total. The Labute approximate surface area is 40.5 Å². The molecule has 0 radical (unpaired) electrons. The Kier molecular flexibility index (Phi) is 0.482. The fourth-order valence-electron chi connectivity index (χ4n) is 1.05. The van der Waals surface area contributed by atoms with Gasteiger partial charge in [-0.2, -0.15) is 10.5 Å². The fraction of sp³-hybridized carbons (Fsp3) is 0.800. The van der Waals surface area contributed by atoms with Crippen molar-refractivity contribution in [1.82, 2.24) is 0 Å². The summed E-state index contributed by atoms with van der Waals surface area (Å²) in [4.78, 5) is 0. The number of hydrogen-bond donors (Lipinski definition) is 0. The molecule has 2 rings (SSSR count). The standard InChI is InChI=1S/C5H8S/c1-2-5-4-6(5)3-1/h4-5H,1-3H2. The second-order valence-corrected chi connectivity index (χ2v) is 4.22. The van der Waals surface area contributed by atoms with Crippen LogP contribution in [0.15, 0.2) is 0 Å².